The van der Waals surface area contributed by atoms with Crippen LogP contribution in [-0.4, -0.2) is 30.0 Å². The molecule has 0 bridgehead atoms. The Kier molecular flexibility index (Phi) is 5.40. The standard InChI is InChI=1S/C18H27NO2/c1-4-6-13-19-14-12-18(15(19)3,21-17(20)5-2)16-10-8-7-9-11-16/h7-11,15H,4-6,12-14H2,1-3H3/t15-,18+/m0/s1. The first-order chi connectivity index (χ1) is 10.1. The lowest BCUT2D eigenvalue weighted by Crippen LogP contribution is -2.44. The molecule has 3 nitrogen and oxygen atoms in total. The average molecular weight is 289 g/mol. The molecule has 1 aliphatic rings. The number of carbonyl (C=O) groups is 1. The van der Waals surface area contributed by atoms with Gasteiger partial charge in [0.25, 0.3) is 0 Å². The summed E-state index contributed by atoms with van der Waals surface area (Å²) in [6.45, 7) is 8.33. The molecular weight excluding hydrogens is 262 g/mol. The van der Waals surface area contributed by atoms with E-state index in [1.165, 1.54) is 12.8 Å². The molecule has 0 aromatic heterocycles. The van der Waals surface area contributed by atoms with Gasteiger partial charge in [0.2, 0.25) is 0 Å². The van der Waals surface area contributed by atoms with Crippen molar-refractivity contribution < 1.29 is 9.53 Å². The van der Waals surface area contributed by atoms with Gasteiger partial charge in [-0.05, 0) is 25.5 Å². The lowest BCUT2D eigenvalue weighted by molar-refractivity contribution is -0.163. The lowest BCUT2D eigenvalue weighted by Gasteiger charge is -2.36. The molecule has 1 aromatic carbocycles. The summed E-state index contributed by atoms with van der Waals surface area (Å²) in [5, 5.41) is 0. The van der Waals surface area contributed by atoms with E-state index < -0.39 is 5.60 Å². The molecule has 1 aromatic rings. The number of rotatable bonds is 6. The topological polar surface area (TPSA) is 29.5 Å². The minimum Gasteiger partial charge on any atom is -0.452 e. The van der Waals surface area contributed by atoms with Crippen LogP contribution in [-0.2, 0) is 15.1 Å². The highest BCUT2D eigenvalue weighted by molar-refractivity contribution is 5.70. The van der Waals surface area contributed by atoms with E-state index in [2.05, 4.69) is 30.9 Å². The third kappa shape index (κ3) is 3.29. The number of unbranched alkanes of at least 4 members (excludes halogenated alkanes) is 1. The normalized spacial score (nSPS) is 26.0. The number of esters is 1. The van der Waals surface area contributed by atoms with Crippen LogP contribution in [0.15, 0.2) is 30.3 Å². The van der Waals surface area contributed by atoms with Crippen molar-refractivity contribution >= 4 is 5.97 Å². The Morgan fingerprint density at radius 2 is 2.05 bits per heavy atom. The van der Waals surface area contributed by atoms with E-state index in [0.29, 0.717) is 6.42 Å². The highest BCUT2D eigenvalue weighted by Gasteiger charge is 2.48. The first-order valence-corrected chi connectivity index (χ1v) is 8.15. The quantitative estimate of drug-likeness (QED) is 0.747. The smallest absolute Gasteiger partial charge is 0.306 e. The van der Waals surface area contributed by atoms with E-state index in [4.69, 9.17) is 4.74 Å². The number of nitrogens with zero attached hydrogens (tertiary/aromatic N) is 1. The molecular formula is C18H27NO2. The Balaban J connectivity index is 2.27. The summed E-state index contributed by atoms with van der Waals surface area (Å²) >= 11 is 0. The van der Waals surface area contributed by atoms with Crippen molar-refractivity contribution in [3.8, 4) is 0 Å². The fourth-order valence-corrected chi connectivity index (χ4v) is 3.25. The van der Waals surface area contributed by atoms with Gasteiger partial charge in [0.1, 0.15) is 0 Å². The first-order valence-electron chi connectivity index (χ1n) is 8.15. The van der Waals surface area contributed by atoms with Gasteiger partial charge in [0, 0.05) is 19.4 Å². The van der Waals surface area contributed by atoms with E-state index in [1.54, 1.807) is 0 Å². The van der Waals surface area contributed by atoms with E-state index in [0.717, 1.165) is 25.1 Å². The number of hydrogen-bond donors (Lipinski definition) is 0. The molecule has 3 heteroatoms. The lowest BCUT2D eigenvalue weighted by atomic mass is 9.86. The fraction of sp³-hybridized carbons (Fsp3) is 0.611. The largest absolute Gasteiger partial charge is 0.452 e. The Morgan fingerprint density at radius 1 is 1.33 bits per heavy atom. The molecule has 2 rings (SSSR count). The maximum Gasteiger partial charge on any atom is 0.306 e. The number of hydrogen-bond acceptors (Lipinski definition) is 3. The molecule has 0 unspecified atom stereocenters. The van der Waals surface area contributed by atoms with E-state index in [-0.39, 0.29) is 12.0 Å². The van der Waals surface area contributed by atoms with Crippen molar-refractivity contribution in [3.63, 3.8) is 0 Å². The van der Waals surface area contributed by atoms with Crippen LogP contribution in [0.3, 0.4) is 0 Å². The van der Waals surface area contributed by atoms with Gasteiger partial charge < -0.3 is 4.74 Å². The predicted molar refractivity (Wildman–Crippen MR) is 85.1 cm³/mol. The molecule has 116 valence electrons. The summed E-state index contributed by atoms with van der Waals surface area (Å²) in [5.41, 5.74) is 0.639. The van der Waals surface area contributed by atoms with Gasteiger partial charge in [-0.1, -0.05) is 50.6 Å². The van der Waals surface area contributed by atoms with E-state index in [9.17, 15) is 4.79 Å². The summed E-state index contributed by atoms with van der Waals surface area (Å²) in [7, 11) is 0. The minimum atomic E-state index is -0.484. The molecule has 1 fully saturated rings. The van der Waals surface area contributed by atoms with Crippen molar-refractivity contribution in [1.29, 1.82) is 0 Å². The number of benzene rings is 1. The zero-order valence-corrected chi connectivity index (χ0v) is 13.5. The van der Waals surface area contributed by atoms with Crippen LogP contribution in [0.1, 0.15) is 52.0 Å². The third-order valence-electron chi connectivity index (χ3n) is 4.64. The van der Waals surface area contributed by atoms with Gasteiger partial charge in [0.15, 0.2) is 5.60 Å². The molecule has 0 spiro atoms. The molecule has 0 saturated carbocycles. The van der Waals surface area contributed by atoms with Crippen LogP contribution in [0, 0.1) is 0 Å². The highest BCUT2D eigenvalue weighted by atomic mass is 16.6. The van der Waals surface area contributed by atoms with Gasteiger partial charge in [-0.15, -0.1) is 0 Å². The van der Waals surface area contributed by atoms with Crippen LogP contribution in [0.4, 0.5) is 0 Å². The SMILES string of the molecule is CCCCN1CC[C@](OC(=O)CC)(c2ccccc2)[C@@H]1C. The molecule has 0 amide bonds. The Hall–Kier alpha value is -1.35. The Labute approximate surface area is 128 Å². The first kappa shape index (κ1) is 16.0. The van der Waals surface area contributed by atoms with Gasteiger partial charge in [-0.3, -0.25) is 9.69 Å². The van der Waals surface area contributed by atoms with Crippen molar-refractivity contribution in [2.75, 3.05) is 13.1 Å². The van der Waals surface area contributed by atoms with Crippen LogP contribution in [0.25, 0.3) is 0 Å². The van der Waals surface area contributed by atoms with E-state index in [1.807, 2.05) is 25.1 Å². The average Bonchev–Trinajstić information content (AvgIpc) is 2.83. The molecule has 1 saturated heterocycles. The Bertz CT molecular complexity index is 460. The molecule has 0 radical (unpaired) electrons. The molecule has 1 heterocycles. The minimum absolute atomic E-state index is 0.108. The zero-order chi connectivity index (χ0) is 15.3. The van der Waals surface area contributed by atoms with Crippen molar-refractivity contribution in [1.82, 2.24) is 4.90 Å². The second kappa shape index (κ2) is 7.08. The molecule has 0 N–H and O–H groups in total. The second-order valence-electron chi connectivity index (χ2n) is 5.90. The van der Waals surface area contributed by atoms with Crippen molar-refractivity contribution in [2.45, 2.75) is 58.1 Å². The monoisotopic (exact) mass is 289 g/mol. The molecule has 0 aliphatic carbocycles. The maximum atomic E-state index is 12.0. The summed E-state index contributed by atoms with van der Waals surface area (Å²) < 4.78 is 5.98. The molecule has 2 atom stereocenters. The summed E-state index contributed by atoms with van der Waals surface area (Å²) in [6, 6.07) is 10.5. The summed E-state index contributed by atoms with van der Waals surface area (Å²) in [4.78, 5) is 14.4. The molecule has 1 aliphatic heterocycles. The second-order valence-corrected chi connectivity index (χ2v) is 5.90. The van der Waals surface area contributed by atoms with Crippen LogP contribution < -0.4 is 0 Å². The highest BCUT2D eigenvalue weighted by Crippen LogP contribution is 2.41. The predicted octanol–water partition coefficient (Wildman–Crippen LogP) is 3.73. The van der Waals surface area contributed by atoms with Crippen LogP contribution >= 0.6 is 0 Å². The van der Waals surface area contributed by atoms with Gasteiger partial charge in [-0.25, -0.2) is 0 Å². The van der Waals surface area contributed by atoms with Gasteiger partial charge in [0.05, 0.1) is 6.04 Å². The fourth-order valence-electron chi connectivity index (χ4n) is 3.25. The van der Waals surface area contributed by atoms with E-state index >= 15 is 0 Å². The number of likely N-dealkylation sites (tertiary alicyclic amines) is 1. The number of ether oxygens (including phenoxy) is 1. The maximum absolute atomic E-state index is 12.0. The van der Waals surface area contributed by atoms with Crippen LogP contribution in [0.2, 0.25) is 0 Å². The summed E-state index contributed by atoms with van der Waals surface area (Å²) in [5.74, 6) is -0.108. The zero-order valence-electron chi connectivity index (χ0n) is 13.5. The van der Waals surface area contributed by atoms with Gasteiger partial charge >= 0.3 is 5.97 Å². The third-order valence-corrected chi connectivity index (χ3v) is 4.64. The number of carbonyl (C=O) groups excluding carboxylic acids is 1. The van der Waals surface area contributed by atoms with Crippen LogP contribution in [0.5, 0.6) is 0 Å². The van der Waals surface area contributed by atoms with Crippen molar-refractivity contribution in [2.24, 2.45) is 0 Å². The molecule has 21 heavy (non-hydrogen) atoms. The van der Waals surface area contributed by atoms with Crippen molar-refractivity contribution in [3.05, 3.63) is 35.9 Å². The Morgan fingerprint density at radius 3 is 2.67 bits per heavy atom. The van der Waals surface area contributed by atoms with Gasteiger partial charge in [-0.2, -0.15) is 0 Å². The summed E-state index contributed by atoms with van der Waals surface area (Å²) in [6.07, 6.45) is 3.69.